The number of carbonyl (C=O) groups is 2. The molecule has 0 saturated heterocycles. The van der Waals surface area contributed by atoms with E-state index in [1.807, 2.05) is 13.8 Å². The molecule has 0 aromatic carbocycles. The predicted molar refractivity (Wildman–Crippen MR) is 61.0 cm³/mol. The number of hydrogen-bond donors (Lipinski definition) is 1. The summed E-state index contributed by atoms with van der Waals surface area (Å²) in [6.07, 6.45) is 0.682. The monoisotopic (exact) mass is 230 g/mol. The van der Waals surface area contributed by atoms with Gasteiger partial charge in [0.05, 0.1) is 12.3 Å². The Morgan fingerprint density at radius 2 is 1.81 bits per heavy atom. The van der Waals surface area contributed by atoms with Crippen molar-refractivity contribution in [2.45, 2.75) is 53.1 Å². The van der Waals surface area contributed by atoms with Crippen molar-refractivity contribution in [1.82, 2.24) is 0 Å². The van der Waals surface area contributed by atoms with Gasteiger partial charge in [0.1, 0.15) is 5.60 Å². The molecule has 0 radical (unpaired) electrons. The zero-order chi connectivity index (χ0) is 12.9. The molecule has 0 amide bonds. The maximum absolute atomic E-state index is 11.5. The Labute approximate surface area is 97.0 Å². The van der Waals surface area contributed by atoms with Gasteiger partial charge in [-0.15, -0.1) is 0 Å². The minimum Gasteiger partial charge on any atom is -0.481 e. The molecular weight excluding hydrogens is 208 g/mol. The SMILES string of the molecule is CC[C@H](C)[C@H](CC(=O)OC(C)(C)C)C(=O)O. The lowest BCUT2D eigenvalue weighted by molar-refractivity contribution is -0.161. The number of rotatable bonds is 5. The van der Waals surface area contributed by atoms with Crippen molar-refractivity contribution in [1.29, 1.82) is 0 Å². The second-order valence-electron chi connectivity index (χ2n) is 5.12. The first kappa shape index (κ1) is 14.9. The van der Waals surface area contributed by atoms with Crippen LogP contribution in [0, 0.1) is 11.8 Å². The van der Waals surface area contributed by atoms with Gasteiger partial charge in [0.2, 0.25) is 0 Å². The first-order chi connectivity index (χ1) is 7.17. The smallest absolute Gasteiger partial charge is 0.307 e. The molecule has 0 fully saturated rings. The van der Waals surface area contributed by atoms with Crippen LogP contribution in [0.4, 0.5) is 0 Å². The number of carboxylic acid groups (broad SMARTS) is 1. The standard InChI is InChI=1S/C12H22O4/c1-6-8(2)9(11(14)15)7-10(13)16-12(3,4)5/h8-9H,6-7H2,1-5H3,(H,14,15)/t8-,9-/m0/s1. The maximum Gasteiger partial charge on any atom is 0.307 e. The predicted octanol–water partition coefficient (Wildman–Crippen LogP) is 2.47. The molecule has 0 spiro atoms. The molecule has 0 heterocycles. The Bertz CT molecular complexity index is 252. The van der Waals surface area contributed by atoms with Crippen molar-refractivity contribution < 1.29 is 19.4 Å². The van der Waals surface area contributed by atoms with Crippen LogP contribution in [0.3, 0.4) is 0 Å². The molecule has 94 valence electrons. The molecule has 0 aromatic rings. The summed E-state index contributed by atoms with van der Waals surface area (Å²) in [4.78, 5) is 22.5. The highest BCUT2D eigenvalue weighted by molar-refractivity contribution is 5.79. The number of aliphatic carboxylic acids is 1. The second kappa shape index (κ2) is 5.87. The second-order valence-corrected chi connectivity index (χ2v) is 5.12. The minimum absolute atomic E-state index is 0.0231. The Hall–Kier alpha value is -1.06. The molecule has 0 saturated carbocycles. The van der Waals surface area contributed by atoms with Gasteiger partial charge >= 0.3 is 11.9 Å². The summed E-state index contributed by atoms with van der Waals surface area (Å²) < 4.78 is 5.11. The van der Waals surface area contributed by atoms with Crippen LogP contribution in [-0.4, -0.2) is 22.6 Å². The van der Waals surface area contributed by atoms with Crippen LogP contribution in [0.2, 0.25) is 0 Å². The number of carbonyl (C=O) groups excluding carboxylic acids is 1. The van der Waals surface area contributed by atoms with Crippen molar-refractivity contribution in [3.8, 4) is 0 Å². The van der Waals surface area contributed by atoms with Crippen molar-refractivity contribution >= 4 is 11.9 Å². The highest BCUT2D eigenvalue weighted by atomic mass is 16.6. The molecule has 1 N–H and O–H groups in total. The van der Waals surface area contributed by atoms with Crippen LogP contribution >= 0.6 is 0 Å². The molecule has 4 nitrogen and oxygen atoms in total. The number of hydrogen-bond acceptors (Lipinski definition) is 3. The largest absolute Gasteiger partial charge is 0.481 e. The molecule has 0 aliphatic rings. The summed E-state index contributed by atoms with van der Waals surface area (Å²) in [6.45, 7) is 9.05. The topological polar surface area (TPSA) is 63.6 Å². The number of carboxylic acids is 1. The van der Waals surface area contributed by atoms with E-state index in [4.69, 9.17) is 9.84 Å². The lowest BCUT2D eigenvalue weighted by Crippen LogP contribution is -2.29. The lowest BCUT2D eigenvalue weighted by atomic mass is 9.89. The molecule has 0 unspecified atom stereocenters. The van der Waals surface area contributed by atoms with Crippen molar-refractivity contribution in [3.63, 3.8) is 0 Å². The fourth-order valence-electron chi connectivity index (χ4n) is 1.38. The van der Waals surface area contributed by atoms with Gasteiger partial charge in [-0.05, 0) is 26.7 Å². The fourth-order valence-corrected chi connectivity index (χ4v) is 1.38. The zero-order valence-electron chi connectivity index (χ0n) is 10.7. The Balaban J connectivity index is 4.42. The highest BCUT2D eigenvalue weighted by Gasteiger charge is 2.28. The van der Waals surface area contributed by atoms with Gasteiger partial charge < -0.3 is 9.84 Å². The molecule has 2 atom stereocenters. The van der Waals surface area contributed by atoms with Crippen molar-refractivity contribution in [2.75, 3.05) is 0 Å². The van der Waals surface area contributed by atoms with Crippen LogP contribution in [-0.2, 0) is 14.3 Å². The van der Waals surface area contributed by atoms with Gasteiger partial charge in [-0.2, -0.15) is 0 Å². The van der Waals surface area contributed by atoms with Crippen molar-refractivity contribution in [2.24, 2.45) is 11.8 Å². The zero-order valence-corrected chi connectivity index (χ0v) is 10.7. The Kier molecular flexibility index (Phi) is 5.48. The van der Waals surface area contributed by atoms with Crippen LogP contribution in [0.5, 0.6) is 0 Å². The average molecular weight is 230 g/mol. The third-order valence-electron chi connectivity index (χ3n) is 2.45. The number of ether oxygens (including phenoxy) is 1. The van der Waals surface area contributed by atoms with Crippen LogP contribution < -0.4 is 0 Å². The summed E-state index contributed by atoms with van der Waals surface area (Å²) in [5.74, 6) is -2.05. The molecule has 0 rings (SSSR count). The Morgan fingerprint density at radius 1 is 1.31 bits per heavy atom. The average Bonchev–Trinajstić information content (AvgIpc) is 2.09. The van der Waals surface area contributed by atoms with E-state index < -0.39 is 23.5 Å². The van der Waals surface area contributed by atoms with E-state index in [0.29, 0.717) is 0 Å². The fraction of sp³-hybridized carbons (Fsp3) is 0.833. The van der Waals surface area contributed by atoms with Crippen LogP contribution in [0.25, 0.3) is 0 Å². The third-order valence-corrected chi connectivity index (χ3v) is 2.45. The normalized spacial score (nSPS) is 15.3. The summed E-state index contributed by atoms with van der Waals surface area (Å²) in [5.41, 5.74) is -0.560. The summed E-state index contributed by atoms with van der Waals surface area (Å²) in [6, 6.07) is 0. The van der Waals surface area contributed by atoms with Gasteiger partial charge in [-0.3, -0.25) is 9.59 Å². The molecule has 0 bridgehead atoms. The number of esters is 1. The third kappa shape index (κ3) is 5.73. The summed E-state index contributed by atoms with van der Waals surface area (Å²) >= 11 is 0. The first-order valence-electron chi connectivity index (χ1n) is 5.62. The van der Waals surface area contributed by atoms with Gasteiger partial charge in [0.15, 0.2) is 0 Å². The van der Waals surface area contributed by atoms with E-state index in [-0.39, 0.29) is 12.3 Å². The van der Waals surface area contributed by atoms with E-state index in [0.717, 1.165) is 6.42 Å². The molecule has 16 heavy (non-hydrogen) atoms. The van der Waals surface area contributed by atoms with Crippen molar-refractivity contribution in [3.05, 3.63) is 0 Å². The van der Waals surface area contributed by atoms with Crippen LogP contribution in [0.15, 0.2) is 0 Å². The summed E-state index contributed by atoms with van der Waals surface area (Å²) in [5, 5.41) is 9.01. The van der Waals surface area contributed by atoms with E-state index >= 15 is 0 Å². The maximum atomic E-state index is 11.5. The molecule has 4 heteroatoms. The van der Waals surface area contributed by atoms with E-state index in [1.54, 1.807) is 20.8 Å². The van der Waals surface area contributed by atoms with Gasteiger partial charge in [-0.1, -0.05) is 20.3 Å². The molecular formula is C12H22O4. The molecule has 0 aliphatic heterocycles. The minimum atomic E-state index is -0.930. The molecule has 0 aliphatic carbocycles. The highest BCUT2D eigenvalue weighted by Crippen LogP contribution is 2.21. The Morgan fingerprint density at radius 3 is 2.12 bits per heavy atom. The van der Waals surface area contributed by atoms with Crippen LogP contribution in [0.1, 0.15) is 47.5 Å². The van der Waals surface area contributed by atoms with E-state index in [1.165, 1.54) is 0 Å². The first-order valence-corrected chi connectivity index (χ1v) is 5.62. The van der Waals surface area contributed by atoms with Gasteiger partial charge in [0, 0.05) is 0 Å². The van der Waals surface area contributed by atoms with E-state index in [2.05, 4.69) is 0 Å². The van der Waals surface area contributed by atoms with E-state index in [9.17, 15) is 9.59 Å². The lowest BCUT2D eigenvalue weighted by Gasteiger charge is -2.22. The van der Waals surface area contributed by atoms with Gasteiger partial charge in [0.25, 0.3) is 0 Å². The van der Waals surface area contributed by atoms with Gasteiger partial charge in [-0.25, -0.2) is 0 Å². The molecule has 0 aromatic heterocycles. The summed E-state index contributed by atoms with van der Waals surface area (Å²) in [7, 11) is 0. The quantitative estimate of drug-likeness (QED) is 0.737.